The first-order valence-corrected chi connectivity index (χ1v) is 4.84. The maximum Gasteiger partial charge on any atom is 0.0949 e. The van der Waals surface area contributed by atoms with Gasteiger partial charge >= 0.3 is 0 Å². The van der Waals surface area contributed by atoms with Crippen molar-refractivity contribution < 1.29 is 5.11 Å². The number of hydrogen-bond acceptors (Lipinski definition) is 3. The Hall–Kier alpha value is -1.68. The molecule has 1 unspecified atom stereocenters. The lowest BCUT2D eigenvalue weighted by Gasteiger charge is -2.07. The molecule has 0 aliphatic rings. The molecule has 1 atom stereocenters. The van der Waals surface area contributed by atoms with Crippen molar-refractivity contribution >= 4 is 0 Å². The molecule has 4 heteroatoms. The van der Waals surface area contributed by atoms with Crippen LogP contribution in [-0.2, 0) is 0 Å². The lowest BCUT2D eigenvalue weighted by Crippen LogP contribution is -2.04. The minimum Gasteiger partial charge on any atom is -0.387 e. The molecule has 4 nitrogen and oxygen atoms in total. The van der Waals surface area contributed by atoms with Gasteiger partial charge in [-0.15, -0.1) is 5.10 Å². The minimum absolute atomic E-state index is 0.568. The summed E-state index contributed by atoms with van der Waals surface area (Å²) in [4.78, 5) is 0. The quantitative estimate of drug-likeness (QED) is 0.807. The molecular weight excluding hydrogens is 190 g/mol. The Labute approximate surface area is 88.2 Å². The normalized spacial score (nSPS) is 12.7. The standard InChI is InChI=1S/C11H13N3O/c1-8-3-5-10(6-4-8)14-11(9(2)15)7-12-13-14/h3-7,9,15H,1-2H3. The second kappa shape index (κ2) is 3.82. The minimum atomic E-state index is -0.568. The highest BCUT2D eigenvalue weighted by molar-refractivity contribution is 5.34. The predicted octanol–water partition coefficient (Wildman–Crippen LogP) is 1.63. The maximum absolute atomic E-state index is 9.51. The Bertz CT molecular complexity index is 445. The van der Waals surface area contributed by atoms with Gasteiger partial charge in [0.15, 0.2) is 0 Å². The molecule has 0 aliphatic carbocycles. The zero-order chi connectivity index (χ0) is 10.8. The Morgan fingerprint density at radius 2 is 1.93 bits per heavy atom. The first kappa shape index (κ1) is 9.86. The Balaban J connectivity index is 2.45. The van der Waals surface area contributed by atoms with Crippen molar-refractivity contribution in [1.82, 2.24) is 15.0 Å². The van der Waals surface area contributed by atoms with E-state index in [9.17, 15) is 5.11 Å². The number of hydrogen-bond donors (Lipinski definition) is 1. The summed E-state index contributed by atoms with van der Waals surface area (Å²) in [6.07, 6.45) is 1.01. The summed E-state index contributed by atoms with van der Waals surface area (Å²) in [6, 6.07) is 7.91. The zero-order valence-electron chi connectivity index (χ0n) is 8.75. The molecular formula is C11H13N3O. The summed E-state index contributed by atoms with van der Waals surface area (Å²) in [5.41, 5.74) is 2.80. The molecule has 15 heavy (non-hydrogen) atoms. The number of aliphatic hydroxyl groups is 1. The van der Waals surface area contributed by atoms with Crippen LogP contribution in [-0.4, -0.2) is 20.1 Å². The average Bonchev–Trinajstić information content (AvgIpc) is 2.67. The summed E-state index contributed by atoms with van der Waals surface area (Å²) in [5.74, 6) is 0. The molecule has 0 amide bonds. The Morgan fingerprint density at radius 3 is 2.53 bits per heavy atom. The summed E-state index contributed by atoms with van der Waals surface area (Å²) >= 11 is 0. The molecule has 78 valence electrons. The molecule has 0 fully saturated rings. The Kier molecular flexibility index (Phi) is 2.51. The van der Waals surface area contributed by atoms with Gasteiger partial charge in [0.1, 0.15) is 0 Å². The average molecular weight is 203 g/mol. The highest BCUT2D eigenvalue weighted by Gasteiger charge is 2.10. The molecule has 0 bridgehead atoms. The van der Waals surface area contributed by atoms with Gasteiger partial charge in [-0.1, -0.05) is 22.9 Å². The lowest BCUT2D eigenvalue weighted by molar-refractivity contribution is 0.191. The summed E-state index contributed by atoms with van der Waals surface area (Å²) in [6.45, 7) is 3.73. The van der Waals surface area contributed by atoms with Crippen LogP contribution >= 0.6 is 0 Å². The van der Waals surface area contributed by atoms with Gasteiger partial charge in [-0.25, -0.2) is 4.68 Å². The van der Waals surface area contributed by atoms with Crippen molar-refractivity contribution in [3.05, 3.63) is 41.7 Å². The van der Waals surface area contributed by atoms with Crippen LogP contribution in [0.25, 0.3) is 5.69 Å². The van der Waals surface area contributed by atoms with Crippen molar-refractivity contribution in [1.29, 1.82) is 0 Å². The number of nitrogens with zero attached hydrogens (tertiary/aromatic N) is 3. The molecule has 1 aromatic heterocycles. The number of aromatic nitrogens is 3. The van der Waals surface area contributed by atoms with Crippen LogP contribution in [0.2, 0.25) is 0 Å². The molecule has 0 spiro atoms. The highest BCUT2D eigenvalue weighted by atomic mass is 16.3. The third-order valence-corrected chi connectivity index (χ3v) is 2.28. The van der Waals surface area contributed by atoms with E-state index in [0.29, 0.717) is 5.69 Å². The Morgan fingerprint density at radius 1 is 1.27 bits per heavy atom. The number of rotatable bonds is 2. The van der Waals surface area contributed by atoms with Gasteiger partial charge in [0.05, 0.1) is 23.7 Å². The van der Waals surface area contributed by atoms with E-state index in [1.54, 1.807) is 17.8 Å². The molecule has 2 aromatic rings. The fourth-order valence-corrected chi connectivity index (χ4v) is 1.41. The predicted molar refractivity (Wildman–Crippen MR) is 56.7 cm³/mol. The molecule has 1 N–H and O–H groups in total. The summed E-state index contributed by atoms with van der Waals surface area (Å²) in [5, 5.41) is 17.2. The van der Waals surface area contributed by atoms with Gasteiger partial charge in [0, 0.05) is 0 Å². The molecule has 0 radical (unpaired) electrons. The van der Waals surface area contributed by atoms with Gasteiger partial charge in [0.2, 0.25) is 0 Å². The summed E-state index contributed by atoms with van der Waals surface area (Å²) in [7, 11) is 0. The molecule has 1 aromatic carbocycles. The van der Waals surface area contributed by atoms with Crippen LogP contribution in [0.5, 0.6) is 0 Å². The first-order valence-electron chi connectivity index (χ1n) is 4.84. The van der Waals surface area contributed by atoms with Crippen molar-refractivity contribution in [3.8, 4) is 5.69 Å². The van der Waals surface area contributed by atoms with Crippen molar-refractivity contribution in [2.45, 2.75) is 20.0 Å². The van der Waals surface area contributed by atoms with Crippen LogP contribution in [0.1, 0.15) is 24.3 Å². The van der Waals surface area contributed by atoms with Crippen LogP contribution in [0.15, 0.2) is 30.5 Å². The lowest BCUT2D eigenvalue weighted by atomic mass is 10.2. The summed E-state index contributed by atoms with van der Waals surface area (Å²) < 4.78 is 1.64. The molecule has 0 saturated carbocycles. The second-order valence-corrected chi connectivity index (χ2v) is 3.58. The van der Waals surface area contributed by atoms with E-state index in [1.165, 1.54) is 5.56 Å². The van der Waals surface area contributed by atoms with Gasteiger partial charge in [-0.2, -0.15) is 0 Å². The van der Waals surface area contributed by atoms with Crippen LogP contribution in [0, 0.1) is 6.92 Å². The SMILES string of the molecule is Cc1ccc(-n2nncc2C(C)O)cc1. The van der Waals surface area contributed by atoms with Gasteiger partial charge in [0.25, 0.3) is 0 Å². The molecule has 1 heterocycles. The second-order valence-electron chi connectivity index (χ2n) is 3.58. The van der Waals surface area contributed by atoms with E-state index in [2.05, 4.69) is 10.3 Å². The van der Waals surface area contributed by atoms with Gasteiger partial charge < -0.3 is 5.11 Å². The zero-order valence-corrected chi connectivity index (χ0v) is 8.75. The number of aliphatic hydroxyl groups excluding tert-OH is 1. The molecule has 0 saturated heterocycles. The van der Waals surface area contributed by atoms with Crippen LogP contribution < -0.4 is 0 Å². The number of benzene rings is 1. The van der Waals surface area contributed by atoms with Crippen molar-refractivity contribution in [3.63, 3.8) is 0 Å². The first-order chi connectivity index (χ1) is 7.18. The van der Waals surface area contributed by atoms with Crippen molar-refractivity contribution in [2.24, 2.45) is 0 Å². The topological polar surface area (TPSA) is 50.9 Å². The highest BCUT2D eigenvalue weighted by Crippen LogP contribution is 2.15. The fraction of sp³-hybridized carbons (Fsp3) is 0.273. The molecule has 2 rings (SSSR count). The number of aryl methyl sites for hydroxylation is 1. The third-order valence-electron chi connectivity index (χ3n) is 2.28. The van der Waals surface area contributed by atoms with Gasteiger partial charge in [-0.05, 0) is 26.0 Å². The van der Waals surface area contributed by atoms with Crippen molar-refractivity contribution in [2.75, 3.05) is 0 Å². The van der Waals surface area contributed by atoms with Gasteiger partial charge in [-0.3, -0.25) is 0 Å². The van der Waals surface area contributed by atoms with E-state index in [1.807, 2.05) is 31.2 Å². The van der Waals surface area contributed by atoms with E-state index >= 15 is 0 Å². The molecule has 0 aliphatic heterocycles. The van der Waals surface area contributed by atoms with E-state index in [4.69, 9.17) is 0 Å². The largest absolute Gasteiger partial charge is 0.387 e. The van der Waals surface area contributed by atoms with E-state index in [0.717, 1.165) is 5.69 Å². The maximum atomic E-state index is 9.51. The monoisotopic (exact) mass is 203 g/mol. The van der Waals surface area contributed by atoms with Crippen LogP contribution in [0.3, 0.4) is 0 Å². The van der Waals surface area contributed by atoms with Crippen LogP contribution in [0.4, 0.5) is 0 Å². The fourth-order valence-electron chi connectivity index (χ4n) is 1.41. The smallest absolute Gasteiger partial charge is 0.0949 e. The van der Waals surface area contributed by atoms with E-state index in [-0.39, 0.29) is 0 Å². The van der Waals surface area contributed by atoms with E-state index < -0.39 is 6.10 Å². The third kappa shape index (κ3) is 1.89.